The van der Waals surface area contributed by atoms with Crippen LogP contribution in [0, 0.1) is 0 Å². The number of phenols is 3. The maximum atomic E-state index is 13.3. The van der Waals surface area contributed by atoms with Crippen LogP contribution in [0.15, 0.2) is 45.6 Å². The molecule has 0 unspecified atom stereocenters. The Morgan fingerprint density at radius 3 is 2.20 bits per heavy atom. The molecule has 0 aliphatic carbocycles. The second kappa shape index (κ2) is 9.73. The van der Waals surface area contributed by atoms with Crippen LogP contribution in [0.2, 0.25) is 0 Å². The molecular weight excluding hydrogens is 528 g/mol. The first-order chi connectivity index (χ1) is 19.0. The van der Waals surface area contributed by atoms with Crippen LogP contribution in [0.5, 0.6) is 46.0 Å². The van der Waals surface area contributed by atoms with E-state index in [0.717, 1.165) is 18.2 Å². The largest absolute Gasteiger partial charge is 0.507 e. The van der Waals surface area contributed by atoms with Gasteiger partial charge in [0.15, 0.2) is 28.8 Å². The normalized spacial score (nSPS) is 14.4. The van der Waals surface area contributed by atoms with Gasteiger partial charge in [0.25, 0.3) is 0 Å². The molecule has 1 atom stereocenters. The average molecular weight is 550 g/mol. The second-order valence-electron chi connectivity index (χ2n) is 8.90. The summed E-state index contributed by atoms with van der Waals surface area (Å²) in [5, 5.41) is 40.6. The van der Waals surface area contributed by atoms with Crippen LogP contribution < -0.4 is 24.4 Å². The topological polar surface area (TPSA) is 182 Å². The molecule has 4 N–H and O–H groups in total. The molecule has 0 saturated carbocycles. The first-order valence-electron chi connectivity index (χ1n) is 11.8. The quantitative estimate of drug-likeness (QED) is 0.161. The summed E-state index contributed by atoms with van der Waals surface area (Å²) >= 11 is 0. The minimum Gasteiger partial charge on any atom is -0.507 e. The Kier molecular flexibility index (Phi) is 6.38. The lowest BCUT2D eigenvalue weighted by Gasteiger charge is -2.27. The Bertz CT molecular complexity index is 1740. The molecule has 2 heterocycles. The maximum absolute atomic E-state index is 13.3. The van der Waals surface area contributed by atoms with Crippen LogP contribution in [-0.2, 0) is 9.59 Å². The molecule has 0 bridgehead atoms. The van der Waals surface area contributed by atoms with Crippen molar-refractivity contribution < 1.29 is 53.4 Å². The van der Waals surface area contributed by atoms with E-state index in [0.29, 0.717) is 5.56 Å². The van der Waals surface area contributed by atoms with Crippen LogP contribution in [0.1, 0.15) is 30.4 Å². The van der Waals surface area contributed by atoms with E-state index in [1.165, 1.54) is 39.3 Å². The van der Waals surface area contributed by atoms with Gasteiger partial charge >= 0.3 is 11.9 Å². The van der Waals surface area contributed by atoms with E-state index >= 15 is 0 Å². The third-order valence-electron chi connectivity index (χ3n) is 6.43. The summed E-state index contributed by atoms with van der Waals surface area (Å²) < 4.78 is 27.4. The van der Waals surface area contributed by atoms with E-state index in [2.05, 4.69) is 0 Å². The average Bonchev–Trinajstić information content (AvgIpc) is 2.91. The van der Waals surface area contributed by atoms with Crippen LogP contribution in [0.4, 0.5) is 0 Å². The van der Waals surface area contributed by atoms with E-state index in [4.69, 9.17) is 23.4 Å². The number of carbonyl (C=O) groups excluding carboxylic acids is 2. The number of carbonyl (C=O) groups is 2. The van der Waals surface area contributed by atoms with Gasteiger partial charge in [0.05, 0.1) is 20.6 Å². The summed E-state index contributed by atoms with van der Waals surface area (Å²) in [4.78, 5) is 37.6. The molecule has 5 rings (SSSR count). The summed E-state index contributed by atoms with van der Waals surface area (Å²) in [6, 6.07) is 7.63. The number of benzene rings is 3. The highest BCUT2D eigenvalue weighted by atomic mass is 16.6. The molecular formula is C28H22O12. The summed E-state index contributed by atoms with van der Waals surface area (Å²) in [7, 11) is 2.70. The molecule has 0 fully saturated rings. The van der Waals surface area contributed by atoms with Crippen LogP contribution >= 0.6 is 0 Å². The summed E-state index contributed by atoms with van der Waals surface area (Å²) in [5.74, 6) is -4.75. The highest BCUT2D eigenvalue weighted by molar-refractivity contribution is 5.94. The van der Waals surface area contributed by atoms with Gasteiger partial charge < -0.3 is 43.8 Å². The van der Waals surface area contributed by atoms with Gasteiger partial charge in [0.2, 0.25) is 16.9 Å². The van der Waals surface area contributed by atoms with Gasteiger partial charge in [-0.25, -0.2) is 0 Å². The predicted molar refractivity (Wildman–Crippen MR) is 138 cm³/mol. The van der Waals surface area contributed by atoms with Crippen LogP contribution in [0.25, 0.3) is 22.3 Å². The summed E-state index contributed by atoms with van der Waals surface area (Å²) in [5.41, 5.74) is -0.519. The van der Waals surface area contributed by atoms with Gasteiger partial charge in [-0.1, -0.05) is 0 Å². The fourth-order valence-electron chi connectivity index (χ4n) is 4.67. The lowest BCUT2D eigenvalue weighted by molar-refractivity contribution is -0.135. The molecule has 0 amide bonds. The van der Waals surface area contributed by atoms with Gasteiger partial charge in [0, 0.05) is 30.0 Å². The van der Waals surface area contributed by atoms with Gasteiger partial charge in [0.1, 0.15) is 22.5 Å². The lowest BCUT2D eigenvalue weighted by Crippen LogP contribution is -2.22. The molecule has 12 nitrogen and oxygen atoms in total. The lowest BCUT2D eigenvalue weighted by atomic mass is 9.84. The minimum absolute atomic E-state index is 0.0151. The number of fused-ring (bicyclic) bond motifs is 3. The minimum atomic E-state index is -0.986. The zero-order valence-corrected chi connectivity index (χ0v) is 21.3. The Hall–Kier alpha value is -5.39. The third kappa shape index (κ3) is 4.25. The van der Waals surface area contributed by atoms with E-state index in [1.54, 1.807) is 0 Å². The third-order valence-corrected chi connectivity index (χ3v) is 6.43. The zero-order chi connectivity index (χ0) is 28.9. The fraction of sp³-hybridized carbons (Fsp3) is 0.179. The van der Waals surface area contributed by atoms with Crippen molar-refractivity contribution in [2.45, 2.75) is 19.3 Å². The van der Waals surface area contributed by atoms with Crippen molar-refractivity contribution >= 4 is 22.9 Å². The van der Waals surface area contributed by atoms with Gasteiger partial charge in [-0.3, -0.25) is 14.4 Å². The van der Waals surface area contributed by atoms with Gasteiger partial charge in [-0.15, -0.1) is 0 Å². The molecule has 0 spiro atoms. The summed E-state index contributed by atoms with van der Waals surface area (Å²) in [6.07, 6.45) is -0.230. The molecule has 3 aromatic carbocycles. The molecule has 12 heteroatoms. The SMILES string of the molecule is COc1cc([C@@H]2CC(=O)Oc3cc(O)c4c(=O)c(O)c(-c5ccc(O)c(O)c5)oc4c32)cc(OC)c1OC(C)=O. The van der Waals surface area contributed by atoms with E-state index in [-0.39, 0.29) is 57.3 Å². The van der Waals surface area contributed by atoms with Crippen molar-refractivity contribution in [2.24, 2.45) is 0 Å². The highest BCUT2D eigenvalue weighted by Crippen LogP contribution is 2.50. The van der Waals surface area contributed by atoms with Crippen molar-refractivity contribution in [3.05, 3.63) is 57.7 Å². The Morgan fingerprint density at radius 2 is 1.60 bits per heavy atom. The Balaban J connectivity index is 1.82. The van der Waals surface area contributed by atoms with Gasteiger partial charge in [-0.05, 0) is 35.9 Å². The Labute approximate surface area is 225 Å². The first kappa shape index (κ1) is 26.2. The monoisotopic (exact) mass is 550 g/mol. The maximum Gasteiger partial charge on any atom is 0.312 e. The second-order valence-corrected chi connectivity index (χ2v) is 8.90. The molecule has 1 aliphatic rings. The van der Waals surface area contributed by atoms with E-state index < -0.39 is 46.3 Å². The Morgan fingerprint density at radius 1 is 0.925 bits per heavy atom. The van der Waals surface area contributed by atoms with Crippen LogP contribution in [0.3, 0.4) is 0 Å². The molecule has 1 aliphatic heterocycles. The smallest absolute Gasteiger partial charge is 0.312 e. The highest BCUT2D eigenvalue weighted by Gasteiger charge is 2.35. The standard InChI is InChI=1S/C28H22O12/c1-11(29)38-27-19(36-2)7-13(8-20(27)37-3)14-9-21(33)39-18-10-17(32)23-24(34)25(35)26(40-28(23)22(14)18)12-4-5-15(30)16(31)6-12/h4-8,10,14,30-32,35H,9H2,1-3H3/t14-/m0/s1. The number of phenolic OH excluding ortho intramolecular Hbond substituents is 3. The number of ether oxygens (including phenoxy) is 4. The molecule has 206 valence electrons. The summed E-state index contributed by atoms with van der Waals surface area (Å²) in [6.45, 7) is 1.21. The van der Waals surface area contributed by atoms with Crippen molar-refractivity contribution in [1.29, 1.82) is 0 Å². The number of esters is 2. The zero-order valence-electron chi connectivity index (χ0n) is 21.3. The number of methoxy groups -OCH3 is 2. The van der Waals surface area contributed by atoms with E-state index in [1.807, 2.05) is 0 Å². The number of hydrogen-bond donors (Lipinski definition) is 4. The fourth-order valence-corrected chi connectivity index (χ4v) is 4.67. The van der Waals surface area contributed by atoms with E-state index in [9.17, 15) is 34.8 Å². The number of aromatic hydroxyl groups is 4. The van der Waals surface area contributed by atoms with Gasteiger partial charge in [-0.2, -0.15) is 0 Å². The first-order valence-corrected chi connectivity index (χ1v) is 11.8. The van der Waals surface area contributed by atoms with Crippen molar-refractivity contribution in [3.63, 3.8) is 0 Å². The van der Waals surface area contributed by atoms with Crippen molar-refractivity contribution in [2.75, 3.05) is 14.2 Å². The molecule has 40 heavy (non-hydrogen) atoms. The predicted octanol–water partition coefficient (Wildman–Crippen LogP) is 3.67. The number of rotatable bonds is 5. The van der Waals surface area contributed by atoms with Crippen LogP contribution in [-0.4, -0.2) is 46.6 Å². The number of hydrogen-bond acceptors (Lipinski definition) is 12. The molecule has 0 radical (unpaired) electrons. The molecule has 1 aromatic heterocycles. The van der Waals surface area contributed by atoms with Crippen molar-refractivity contribution in [3.8, 4) is 57.3 Å². The molecule has 4 aromatic rings. The van der Waals surface area contributed by atoms with Crippen molar-refractivity contribution in [1.82, 2.24) is 0 Å². The molecule has 0 saturated heterocycles.